The summed E-state index contributed by atoms with van der Waals surface area (Å²) < 4.78 is 13.3. The van der Waals surface area contributed by atoms with Crippen molar-refractivity contribution in [3.63, 3.8) is 0 Å². The van der Waals surface area contributed by atoms with Gasteiger partial charge in [-0.05, 0) is 25.7 Å². The number of ether oxygens (including phenoxy) is 2. The number of phenols is 1. The number of nitro benzene ring substituents is 3. The maximum Gasteiger partial charge on any atom is 0.409 e. The fraction of sp³-hybridized carbons (Fsp3) is 0.733. The molecule has 0 aromatic heterocycles. The van der Waals surface area contributed by atoms with Crippen LogP contribution in [0, 0.1) is 30.3 Å². The van der Waals surface area contributed by atoms with E-state index in [0.29, 0.717) is 12.1 Å². The van der Waals surface area contributed by atoms with Crippen molar-refractivity contribution < 1.29 is 47.9 Å². The van der Waals surface area contributed by atoms with Crippen LogP contribution in [0.5, 0.6) is 5.75 Å². The predicted octanol–water partition coefficient (Wildman–Crippen LogP) is 4.28. The minimum Gasteiger partial charge on any atom is -0.497 e. The summed E-state index contributed by atoms with van der Waals surface area (Å²) in [7, 11) is 11.6. The molecule has 2 fully saturated rings. The van der Waals surface area contributed by atoms with Crippen LogP contribution in [0.25, 0.3) is 0 Å². The van der Waals surface area contributed by atoms with Gasteiger partial charge in [0, 0.05) is 53.9 Å². The highest BCUT2D eigenvalue weighted by molar-refractivity contribution is 5.67. The molecule has 0 aliphatic carbocycles. The van der Waals surface area contributed by atoms with E-state index < -0.39 is 37.6 Å². The van der Waals surface area contributed by atoms with Gasteiger partial charge in [0.2, 0.25) is 0 Å². The Morgan fingerprint density at radius 2 is 1.04 bits per heavy atom. The van der Waals surface area contributed by atoms with Crippen LogP contribution >= 0.6 is 0 Å². The highest BCUT2D eigenvalue weighted by Crippen LogP contribution is 2.39. The standard InChI is InChI=1S/C24H48N4O4.C6H3N3O7/c1-25(2)23(29)31-21-11-17-27(5,18-12-21)15-9-7-8-10-16-28(6)19-13-22(14-20-28)32-24(30)26(3)4;10-6-4(8(13)14)1-3(7(11)12)2-5(6)9(15)16/h21-22H,7-20H2,1-6H3;1-2,10H/q+2;. The molecule has 3 rings (SSSR count). The molecule has 0 atom stereocenters. The van der Waals surface area contributed by atoms with Crippen molar-refractivity contribution in [2.75, 3.05) is 81.6 Å². The molecule has 2 aliphatic rings. The number of rotatable bonds is 12. The Labute approximate surface area is 280 Å². The largest absolute Gasteiger partial charge is 0.497 e. The van der Waals surface area contributed by atoms with Crippen LogP contribution in [-0.4, -0.2) is 145 Å². The van der Waals surface area contributed by atoms with E-state index >= 15 is 0 Å². The zero-order valence-electron chi connectivity index (χ0n) is 28.9. The lowest BCUT2D eigenvalue weighted by molar-refractivity contribution is -0.915. The Morgan fingerprint density at radius 1 is 0.708 bits per heavy atom. The lowest BCUT2D eigenvalue weighted by Crippen LogP contribution is -2.52. The number of hydrogen-bond donors (Lipinski definition) is 1. The number of carbonyl (C=O) groups is 2. The molecule has 2 aliphatic heterocycles. The van der Waals surface area contributed by atoms with Crippen LogP contribution in [0.15, 0.2) is 12.1 Å². The molecule has 1 aromatic rings. The van der Waals surface area contributed by atoms with Gasteiger partial charge in [0.15, 0.2) is 0 Å². The maximum atomic E-state index is 11.7. The van der Waals surface area contributed by atoms with Crippen molar-refractivity contribution in [2.24, 2.45) is 0 Å². The van der Waals surface area contributed by atoms with E-state index in [-0.39, 0.29) is 24.4 Å². The second-order valence-electron chi connectivity index (χ2n) is 13.6. The second kappa shape index (κ2) is 17.7. The van der Waals surface area contributed by atoms with Crippen molar-refractivity contribution in [3.8, 4) is 5.75 Å². The summed E-state index contributed by atoms with van der Waals surface area (Å²) >= 11 is 0. The van der Waals surface area contributed by atoms with E-state index in [9.17, 15) is 39.9 Å². The van der Waals surface area contributed by atoms with Gasteiger partial charge in [-0.2, -0.15) is 0 Å². The first-order valence-corrected chi connectivity index (χ1v) is 16.1. The second-order valence-corrected chi connectivity index (χ2v) is 13.6. The molecule has 2 heterocycles. The molecule has 0 saturated carbocycles. The lowest BCUT2D eigenvalue weighted by atomic mass is 10.0. The molecule has 0 spiro atoms. The summed E-state index contributed by atoms with van der Waals surface area (Å²) in [6, 6.07) is 0.894. The SMILES string of the molecule is CN(C)C(=O)OC1CC[N+](C)(CCCCCC[N+]2(C)CCC(OC(=O)N(C)C)CC2)CC1.O=[N+]([O-])c1cc([N+](=O)[O-])c(O)c([N+](=O)[O-])c1. The molecule has 18 heteroatoms. The number of piperidine rings is 2. The number of quaternary nitrogens is 2. The topological polar surface area (TPSA) is 209 Å². The monoisotopic (exact) mass is 685 g/mol. The number of aromatic hydroxyl groups is 1. The first kappa shape index (κ1) is 39.9. The number of benzene rings is 1. The number of amides is 2. The Bertz CT molecular complexity index is 1200. The fourth-order valence-electron chi connectivity index (χ4n) is 5.83. The Balaban J connectivity index is 0.000000419. The number of phenolic OH excluding ortho intramolecular Hbond substituents is 1. The van der Waals surface area contributed by atoms with Gasteiger partial charge < -0.3 is 33.3 Å². The molecule has 0 radical (unpaired) electrons. The number of nitrogens with zero attached hydrogens (tertiary/aromatic N) is 7. The van der Waals surface area contributed by atoms with Crippen LogP contribution in [0.3, 0.4) is 0 Å². The normalized spacial score (nSPS) is 23.5. The lowest BCUT2D eigenvalue weighted by Gasteiger charge is -2.41. The van der Waals surface area contributed by atoms with Crippen LogP contribution < -0.4 is 0 Å². The quantitative estimate of drug-likeness (QED) is 0.142. The molecule has 1 N–H and O–H groups in total. The van der Waals surface area contributed by atoms with Crippen LogP contribution in [0.4, 0.5) is 26.7 Å². The third-order valence-electron chi connectivity index (χ3n) is 9.03. The van der Waals surface area contributed by atoms with Gasteiger partial charge in [0.1, 0.15) is 12.2 Å². The van der Waals surface area contributed by atoms with Crippen molar-refractivity contribution >= 4 is 29.2 Å². The molecule has 0 bridgehead atoms. The van der Waals surface area contributed by atoms with E-state index in [1.165, 1.54) is 48.6 Å². The van der Waals surface area contributed by atoms with Gasteiger partial charge in [-0.15, -0.1) is 0 Å². The van der Waals surface area contributed by atoms with E-state index in [2.05, 4.69) is 14.1 Å². The highest BCUT2D eigenvalue weighted by Gasteiger charge is 2.34. The molecule has 48 heavy (non-hydrogen) atoms. The summed E-state index contributed by atoms with van der Waals surface area (Å²) in [5, 5.41) is 40.2. The predicted molar refractivity (Wildman–Crippen MR) is 174 cm³/mol. The number of non-ortho nitro benzene ring substituents is 1. The molecule has 18 nitrogen and oxygen atoms in total. The Morgan fingerprint density at radius 3 is 1.31 bits per heavy atom. The average molecular weight is 686 g/mol. The number of carbonyl (C=O) groups excluding carboxylic acids is 2. The zero-order chi connectivity index (χ0) is 36.2. The third kappa shape index (κ3) is 12.4. The van der Waals surface area contributed by atoms with Crippen LogP contribution in [-0.2, 0) is 9.47 Å². The molecular weight excluding hydrogens is 634 g/mol. The Kier molecular flexibility index (Phi) is 14.7. The average Bonchev–Trinajstić information content (AvgIpc) is 3.01. The first-order chi connectivity index (χ1) is 22.4. The van der Waals surface area contributed by atoms with Crippen LogP contribution in [0.2, 0.25) is 0 Å². The minimum atomic E-state index is -1.21. The van der Waals surface area contributed by atoms with Gasteiger partial charge in [-0.3, -0.25) is 30.3 Å². The fourth-order valence-corrected chi connectivity index (χ4v) is 5.83. The maximum absolute atomic E-state index is 11.7. The molecular formula is C30H51N7O11+2. The number of likely N-dealkylation sites (tertiary alicyclic amines) is 2. The summed E-state index contributed by atoms with van der Waals surface area (Å²) in [5.74, 6) is -1.21. The first-order valence-electron chi connectivity index (χ1n) is 16.1. The van der Waals surface area contributed by atoms with E-state index in [1.807, 2.05) is 0 Å². The summed E-state index contributed by atoms with van der Waals surface area (Å²) in [6.07, 6.45) is 8.71. The molecule has 2 saturated heterocycles. The van der Waals surface area contributed by atoms with Gasteiger partial charge >= 0.3 is 23.6 Å². The van der Waals surface area contributed by atoms with Gasteiger partial charge in [-0.25, -0.2) is 9.59 Å². The number of hydrogen-bond acceptors (Lipinski definition) is 11. The van der Waals surface area contributed by atoms with Crippen molar-refractivity contribution in [1.82, 2.24) is 9.80 Å². The third-order valence-corrected chi connectivity index (χ3v) is 9.03. The Hall–Kier alpha value is -4.32. The van der Waals surface area contributed by atoms with Crippen molar-refractivity contribution in [1.29, 1.82) is 0 Å². The van der Waals surface area contributed by atoms with Gasteiger partial charge in [0.25, 0.3) is 11.4 Å². The minimum absolute atomic E-state index is 0.0797. The molecule has 1 aromatic carbocycles. The smallest absolute Gasteiger partial charge is 0.409 e. The van der Waals surface area contributed by atoms with E-state index in [1.54, 1.807) is 28.2 Å². The van der Waals surface area contributed by atoms with Gasteiger partial charge in [-0.1, -0.05) is 0 Å². The van der Waals surface area contributed by atoms with E-state index in [4.69, 9.17) is 14.6 Å². The van der Waals surface area contributed by atoms with Crippen LogP contribution in [0.1, 0.15) is 51.4 Å². The van der Waals surface area contributed by atoms with Crippen molar-refractivity contribution in [3.05, 3.63) is 42.5 Å². The zero-order valence-corrected chi connectivity index (χ0v) is 28.9. The molecule has 2 amide bonds. The van der Waals surface area contributed by atoms with E-state index in [0.717, 1.165) is 60.8 Å². The molecule has 0 unspecified atom stereocenters. The molecule has 270 valence electrons. The highest BCUT2D eigenvalue weighted by atomic mass is 16.6. The summed E-state index contributed by atoms with van der Waals surface area (Å²) in [6.45, 7) is 6.83. The number of nitro groups is 3. The summed E-state index contributed by atoms with van der Waals surface area (Å²) in [4.78, 5) is 54.3. The van der Waals surface area contributed by atoms with Crippen molar-refractivity contribution in [2.45, 2.75) is 63.6 Å². The summed E-state index contributed by atoms with van der Waals surface area (Å²) in [5.41, 5.74) is -3.00. The van der Waals surface area contributed by atoms with Gasteiger partial charge in [0.05, 0.1) is 80.3 Å². The number of unbranched alkanes of at least 4 members (excludes halogenated alkanes) is 3.